The van der Waals surface area contributed by atoms with Crippen LogP contribution in [0.2, 0.25) is 0 Å². The zero-order valence-corrected chi connectivity index (χ0v) is 15.1. The molecule has 0 aliphatic carbocycles. The van der Waals surface area contributed by atoms with Crippen LogP contribution >= 0.6 is 11.3 Å². The molecule has 3 N–H and O–H groups in total. The Bertz CT molecular complexity index is 1030. The van der Waals surface area contributed by atoms with Crippen LogP contribution in [0.1, 0.15) is 31.0 Å². The van der Waals surface area contributed by atoms with Gasteiger partial charge < -0.3 is 4.98 Å². The predicted octanol–water partition coefficient (Wildman–Crippen LogP) is 3.43. The van der Waals surface area contributed by atoms with Crippen molar-refractivity contribution in [3.05, 3.63) is 57.6 Å². The van der Waals surface area contributed by atoms with E-state index in [1.54, 1.807) is 0 Å². The average molecular weight is 353 g/mol. The van der Waals surface area contributed by atoms with E-state index in [1.165, 1.54) is 11.3 Å². The van der Waals surface area contributed by atoms with Gasteiger partial charge in [0.05, 0.1) is 16.3 Å². The quantitative estimate of drug-likeness (QED) is 0.495. The fraction of sp³-hybridized carbons (Fsp3) is 0.222. The van der Waals surface area contributed by atoms with Gasteiger partial charge in [0.15, 0.2) is 0 Å². The molecule has 25 heavy (non-hydrogen) atoms. The van der Waals surface area contributed by atoms with Crippen LogP contribution in [-0.2, 0) is 0 Å². The van der Waals surface area contributed by atoms with E-state index in [4.69, 9.17) is 5.41 Å². The molecule has 0 aliphatic rings. The molecule has 0 atom stereocenters. The first-order valence-electron chi connectivity index (χ1n) is 7.93. The van der Waals surface area contributed by atoms with Crippen molar-refractivity contribution in [1.29, 1.82) is 5.41 Å². The minimum atomic E-state index is -0.196. The number of aromatic amines is 2. The van der Waals surface area contributed by atoms with Gasteiger partial charge >= 0.3 is 0 Å². The van der Waals surface area contributed by atoms with Crippen molar-refractivity contribution in [2.45, 2.75) is 26.7 Å². The van der Waals surface area contributed by atoms with Crippen molar-refractivity contribution >= 4 is 17.7 Å². The molecule has 2 aromatic heterocycles. The Morgan fingerprint density at radius 2 is 1.96 bits per heavy atom. The summed E-state index contributed by atoms with van der Waals surface area (Å²) in [4.78, 5) is 27.8. The third-order valence-electron chi connectivity index (χ3n) is 3.80. The van der Waals surface area contributed by atoms with Gasteiger partial charge in [-0.05, 0) is 12.8 Å². The van der Waals surface area contributed by atoms with Crippen LogP contribution in [0, 0.1) is 12.3 Å². The van der Waals surface area contributed by atoms with Crippen LogP contribution in [0.3, 0.4) is 0 Å². The summed E-state index contributed by atoms with van der Waals surface area (Å²) in [6, 6.07) is 9.96. The predicted molar refractivity (Wildman–Crippen MR) is 101 cm³/mol. The molecule has 128 valence electrons. The number of benzene rings is 1. The van der Waals surface area contributed by atoms with Crippen LogP contribution in [0.25, 0.3) is 21.1 Å². The second-order valence-electron chi connectivity index (χ2n) is 5.93. The number of hydrogen-bond acceptors (Lipinski definition) is 4. The van der Waals surface area contributed by atoms with Crippen molar-refractivity contribution in [2.75, 3.05) is 0 Å². The topological polar surface area (TPSA) is 97.8 Å². The van der Waals surface area contributed by atoms with Gasteiger partial charge in [-0.15, -0.1) is 11.3 Å². The summed E-state index contributed by atoms with van der Waals surface area (Å²) < 4.78 is 0. The molecule has 0 radical (unpaired) electrons. The molecule has 0 saturated carbocycles. The van der Waals surface area contributed by atoms with E-state index >= 15 is 0 Å². The number of rotatable bonds is 4. The van der Waals surface area contributed by atoms with E-state index in [2.05, 4.69) is 19.9 Å². The highest BCUT2D eigenvalue weighted by Gasteiger charge is 2.19. The molecule has 0 unspecified atom stereocenters. The molecule has 3 rings (SSSR count). The number of hydrogen-bond donors (Lipinski definition) is 3. The smallest absolute Gasteiger partial charge is 0.256 e. The van der Waals surface area contributed by atoms with Crippen molar-refractivity contribution < 1.29 is 0 Å². The Hall–Kier alpha value is -2.80. The molecule has 3 aromatic rings. The summed E-state index contributed by atoms with van der Waals surface area (Å²) >= 11 is 1.54. The number of thiazole rings is 1. The fourth-order valence-corrected chi connectivity index (χ4v) is 3.78. The molecule has 2 heterocycles. The summed E-state index contributed by atoms with van der Waals surface area (Å²) in [7, 11) is 0. The molecule has 0 spiro atoms. The van der Waals surface area contributed by atoms with Crippen LogP contribution in [0.4, 0.5) is 0 Å². The van der Waals surface area contributed by atoms with Gasteiger partial charge in [-0.1, -0.05) is 44.2 Å². The van der Waals surface area contributed by atoms with Crippen LogP contribution in [0.5, 0.6) is 0 Å². The average Bonchev–Trinajstić information content (AvgIpc) is 2.97. The number of nitrogens with zero attached hydrogens (tertiary/aromatic N) is 2. The molecule has 7 heteroatoms. The maximum absolute atomic E-state index is 12.5. The molecular weight excluding hydrogens is 334 g/mol. The normalized spacial score (nSPS) is 11.9. The lowest BCUT2D eigenvalue weighted by Gasteiger charge is -2.10. The third-order valence-corrected chi connectivity index (χ3v) is 5.03. The maximum atomic E-state index is 12.5. The summed E-state index contributed by atoms with van der Waals surface area (Å²) in [6.07, 6.45) is 0.898. The Morgan fingerprint density at radius 1 is 1.24 bits per heavy atom. The highest BCUT2D eigenvalue weighted by molar-refractivity contribution is 7.18. The van der Waals surface area contributed by atoms with Crippen LogP contribution in [0.15, 0.2) is 40.1 Å². The SMILES string of the molecule is Cc1nc(-c2ccccc2)sc1-c1[nH]/c(=N/C=N)[nH]c(=O)c1C(C)C. The van der Waals surface area contributed by atoms with E-state index < -0.39 is 0 Å². The monoisotopic (exact) mass is 353 g/mol. The van der Waals surface area contributed by atoms with Gasteiger partial charge in [-0.25, -0.2) is 9.98 Å². The first kappa shape index (κ1) is 17.0. The van der Waals surface area contributed by atoms with Crippen molar-refractivity contribution in [3.8, 4) is 21.1 Å². The number of aromatic nitrogens is 3. The molecule has 0 saturated heterocycles. The lowest BCUT2D eigenvalue weighted by molar-refractivity contribution is 0.820. The van der Waals surface area contributed by atoms with Gasteiger partial charge in [0.2, 0.25) is 5.62 Å². The first-order valence-corrected chi connectivity index (χ1v) is 8.75. The summed E-state index contributed by atoms with van der Waals surface area (Å²) in [5.41, 5.74) is 3.34. The highest BCUT2D eigenvalue weighted by atomic mass is 32.1. The van der Waals surface area contributed by atoms with E-state index in [1.807, 2.05) is 51.1 Å². The molecular formula is C18H19N5OS. The van der Waals surface area contributed by atoms with Crippen molar-refractivity contribution in [1.82, 2.24) is 15.0 Å². The van der Waals surface area contributed by atoms with E-state index in [0.29, 0.717) is 5.56 Å². The minimum absolute atomic E-state index is 0.0331. The lowest BCUT2D eigenvalue weighted by atomic mass is 10.0. The summed E-state index contributed by atoms with van der Waals surface area (Å²) in [5, 5.41) is 8.04. The standard InChI is InChI=1S/C18H19N5OS/c1-10(2)13-14(22-18(20-9-19)23-16(13)24)15-11(3)21-17(25-15)12-7-5-4-6-8-12/h4-10H,1-3H3,(H3,19,20,22,23,24). The second kappa shape index (κ2) is 6.98. The minimum Gasteiger partial charge on any atom is -0.324 e. The maximum Gasteiger partial charge on any atom is 0.256 e. The molecule has 0 bridgehead atoms. The molecule has 0 fully saturated rings. The van der Waals surface area contributed by atoms with Crippen molar-refractivity contribution in [3.63, 3.8) is 0 Å². The first-order chi connectivity index (χ1) is 12.0. The number of H-pyrrole nitrogens is 2. The van der Waals surface area contributed by atoms with Gasteiger partial charge in [0.1, 0.15) is 11.3 Å². The molecule has 6 nitrogen and oxygen atoms in total. The Balaban J connectivity index is 2.26. The molecule has 0 aliphatic heterocycles. The summed E-state index contributed by atoms with van der Waals surface area (Å²) in [6.45, 7) is 5.89. The lowest BCUT2D eigenvalue weighted by Crippen LogP contribution is -2.28. The highest BCUT2D eigenvalue weighted by Crippen LogP contribution is 2.36. The van der Waals surface area contributed by atoms with Crippen LogP contribution < -0.4 is 11.2 Å². The fourth-order valence-electron chi connectivity index (χ4n) is 2.70. The van der Waals surface area contributed by atoms with Crippen LogP contribution in [-0.4, -0.2) is 21.3 Å². The van der Waals surface area contributed by atoms with E-state index in [9.17, 15) is 4.79 Å². The van der Waals surface area contributed by atoms with Gasteiger partial charge in [0.25, 0.3) is 5.56 Å². The number of aryl methyl sites for hydroxylation is 1. The zero-order chi connectivity index (χ0) is 18.0. The van der Waals surface area contributed by atoms with E-state index in [0.717, 1.165) is 33.2 Å². The summed E-state index contributed by atoms with van der Waals surface area (Å²) in [5.74, 6) is 0.0331. The van der Waals surface area contributed by atoms with Crippen molar-refractivity contribution in [2.24, 2.45) is 4.99 Å². The molecule has 0 amide bonds. The van der Waals surface area contributed by atoms with Gasteiger partial charge in [0, 0.05) is 11.1 Å². The number of nitrogens with one attached hydrogen (secondary N) is 3. The second-order valence-corrected chi connectivity index (χ2v) is 6.93. The van der Waals surface area contributed by atoms with Gasteiger partial charge in [-0.2, -0.15) is 0 Å². The largest absolute Gasteiger partial charge is 0.324 e. The van der Waals surface area contributed by atoms with Gasteiger partial charge in [-0.3, -0.25) is 15.2 Å². The Morgan fingerprint density at radius 3 is 2.60 bits per heavy atom. The molecule has 1 aromatic carbocycles. The Labute approximate surface area is 148 Å². The third kappa shape index (κ3) is 3.36. The van der Waals surface area contributed by atoms with E-state index in [-0.39, 0.29) is 17.1 Å². The zero-order valence-electron chi connectivity index (χ0n) is 14.3. The Kier molecular flexibility index (Phi) is 4.76.